The molecule has 21 heavy (non-hydrogen) atoms. The summed E-state index contributed by atoms with van der Waals surface area (Å²) in [6, 6.07) is 7.25. The van der Waals surface area contributed by atoms with Crippen LogP contribution in [0.3, 0.4) is 0 Å². The van der Waals surface area contributed by atoms with Gasteiger partial charge in [0.2, 0.25) is 5.91 Å². The Bertz CT molecular complexity index is 444. The molecular weight excluding hydrogens is 288 g/mol. The summed E-state index contributed by atoms with van der Waals surface area (Å²) in [7, 11) is 1.84. The number of rotatable bonds is 6. The van der Waals surface area contributed by atoms with Crippen LogP contribution in [0.4, 0.5) is 0 Å². The summed E-state index contributed by atoms with van der Waals surface area (Å²) in [4.78, 5) is 13.9. The average molecular weight is 311 g/mol. The second-order valence-electron chi connectivity index (χ2n) is 5.53. The molecular formula is C16H23ClN2O2. The van der Waals surface area contributed by atoms with Crippen molar-refractivity contribution < 1.29 is 9.53 Å². The predicted molar refractivity (Wildman–Crippen MR) is 84.8 cm³/mol. The maximum atomic E-state index is 12.1. The third kappa shape index (κ3) is 5.56. The third-order valence-electron chi connectivity index (χ3n) is 3.80. The van der Waals surface area contributed by atoms with Gasteiger partial charge >= 0.3 is 0 Å². The smallest absolute Gasteiger partial charge is 0.222 e. The van der Waals surface area contributed by atoms with E-state index in [9.17, 15) is 4.79 Å². The maximum absolute atomic E-state index is 12.1. The van der Waals surface area contributed by atoms with Crippen LogP contribution in [0, 0.1) is 5.92 Å². The summed E-state index contributed by atoms with van der Waals surface area (Å²) in [5, 5.41) is 4.03. The van der Waals surface area contributed by atoms with Gasteiger partial charge in [-0.3, -0.25) is 4.79 Å². The first-order valence-corrected chi connectivity index (χ1v) is 7.86. The lowest BCUT2D eigenvalue weighted by atomic mass is 9.96. The largest absolute Gasteiger partial charge is 0.492 e. The Hall–Kier alpha value is -1.26. The molecule has 1 unspecified atom stereocenters. The minimum absolute atomic E-state index is 0.198. The molecule has 1 aromatic rings. The molecule has 1 aliphatic rings. The Morgan fingerprint density at radius 2 is 2.19 bits per heavy atom. The number of carbonyl (C=O) groups is 1. The molecule has 0 aromatic heterocycles. The Morgan fingerprint density at radius 1 is 1.43 bits per heavy atom. The van der Waals surface area contributed by atoms with Crippen LogP contribution in [0.15, 0.2) is 24.3 Å². The Kier molecular flexibility index (Phi) is 6.33. The summed E-state index contributed by atoms with van der Waals surface area (Å²) in [6.07, 6.45) is 2.94. The lowest BCUT2D eigenvalue weighted by Gasteiger charge is -2.25. The molecule has 0 saturated carbocycles. The summed E-state index contributed by atoms with van der Waals surface area (Å²) >= 11 is 5.82. The zero-order valence-electron chi connectivity index (χ0n) is 12.5. The van der Waals surface area contributed by atoms with Crippen LogP contribution in [0.2, 0.25) is 5.02 Å². The molecule has 116 valence electrons. The molecule has 0 bridgehead atoms. The van der Waals surface area contributed by atoms with Gasteiger partial charge in [-0.05, 0) is 56.1 Å². The number of benzene rings is 1. The molecule has 4 nitrogen and oxygen atoms in total. The summed E-state index contributed by atoms with van der Waals surface area (Å²) in [5.74, 6) is 1.45. The monoisotopic (exact) mass is 310 g/mol. The highest BCUT2D eigenvalue weighted by atomic mass is 35.5. The van der Waals surface area contributed by atoms with Crippen LogP contribution in [0.5, 0.6) is 5.75 Å². The molecule has 1 amide bonds. The highest BCUT2D eigenvalue weighted by molar-refractivity contribution is 6.30. The SMILES string of the molecule is CN(CCOc1ccc(Cl)cc1)C(=O)CC1CCCNC1. The van der Waals surface area contributed by atoms with Crippen molar-refractivity contribution in [2.75, 3.05) is 33.3 Å². The summed E-state index contributed by atoms with van der Waals surface area (Å²) in [5.41, 5.74) is 0. The van der Waals surface area contributed by atoms with Gasteiger partial charge in [-0.1, -0.05) is 11.6 Å². The second-order valence-corrected chi connectivity index (χ2v) is 5.97. The molecule has 0 spiro atoms. The van der Waals surface area contributed by atoms with Crippen LogP contribution < -0.4 is 10.1 Å². The second kappa shape index (κ2) is 8.25. The lowest BCUT2D eigenvalue weighted by molar-refractivity contribution is -0.131. The van der Waals surface area contributed by atoms with E-state index in [2.05, 4.69) is 5.32 Å². The van der Waals surface area contributed by atoms with Gasteiger partial charge in [0.05, 0.1) is 6.54 Å². The summed E-state index contributed by atoms with van der Waals surface area (Å²) in [6.45, 7) is 3.13. The first kappa shape index (κ1) is 16.1. The van der Waals surface area contributed by atoms with Gasteiger partial charge in [-0.25, -0.2) is 0 Å². The van der Waals surface area contributed by atoms with Gasteiger partial charge in [0.25, 0.3) is 0 Å². The molecule has 1 saturated heterocycles. The molecule has 5 heteroatoms. The van der Waals surface area contributed by atoms with Crippen molar-refractivity contribution in [1.29, 1.82) is 0 Å². The first-order valence-electron chi connectivity index (χ1n) is 7.48. The standard InChI is InChI=1S/C16H23ClN2O2/c1-19(16(20)11-13-3-2-8-18-12-13)9-10-21-15-6-4-14(17)5-7-15/h4-7,13,18H,2-3,8-12H2,1H3. The fourth-order valence-corrected chi connectivity index (χ4v) is 2.58. The maximum Gasteiger partial charge on any atom is 0.222 e. The fourth-order valence-electron chi connectivity index (χ4n) is 2.46. The van der Waals surface area contributed by atoms with Crippen molar-refractivity contribution in [2.45, 2.75) is 19.3 Å². The number of amides is 1. The molecule has 2 rings (SSSR count). The number of piperidine rings is 1. The highest BCUT2D eigenvalue weighted by Crippen LogP contribution is 2.16. The van der Waals surface area contributed by atoms with Gasteiger partial charge in [0.1, 0.15) is 12.4 Å². The van der Waals surface area contributed by atoms with E-state index < -0.39 is 0 Å². The minimum atomic E-state index is 0.198. The zero-order chi connectivity index (χ0) is 15.1. The molecule has 1 heterocycles. The fraction of sp³-hybridized carbons (Fsp3) is 0.562. The van der Waals surface area contributed by atoms with E-state index in [4.69, 9.17) is 16.3 Å². The Morgan fingerprint density at radius 3 is 2.86 bits per heavy atom. The number of hydrogen-bond donors (Lipinski definition) is 1. The summed E-state index contributed by atoms with van der Waals surface area (Å²) < 4.78 is 5.61. The Labute approximate surface area is 131 Å². The number of nitrogens with zero attached hydrogens (tertiary/aromatic N) is 1. The third-order valence-corrected chi connectivity index (χ3v) is 4.05. The lowest BCUT2D eigenvalue weighted by Crippen LogP contribution is -2.36. The number of hydrogen-bond acceptors (Lipinski definition) is 3. The number of halogens is 1. The van der Waals surface area contributed by atoms with Gasteiger partial charge in [0, 0.05) is 18.5 Å². The van der Waals surface area contributed by atoms with Crippen LogP contribution in [-0.4, -0.2) is 44.1 Å². The van der Waals surface area contributed by atoms with E-state index in [0.29, 0.717) is 30.5 Å². The van der Waals surface area contributed by atoms with E-state index in [0.717, 1.165) is 25.3 Å². The quantitative estimate of drug-likeness (QED) is 0.878. The van der Waals surface area contributed by atoms with Crippen LogP contribution >= 0.6 is 11.6 Å². The van der Waals surface area contributed by atoms with E-state index in [1.165, 1.54) is 6.42 Å². The number of carbonyl (C=O) groups excluding carboxylic acids is 1. The van der Waals surface area contributed by atoms with E-state index in [-0.39, 0.29) is 5.91 Å². The Balaban J connectivity index is 1.67. The highest BCUT2D eigenvalue weighted by Gasteiger charge is 2.18. The number of ether oxygens (including phenoxy) is 1. The van der Waals surface area contributed by atoms with E-state index in [1.54, 1.807) is 17.0 Å². The van der Waals surface area contributed by atoms with E-state index in [1.807, 2.05) is 19.2 Å². The topological polar surface area (TPSA) is 41.6 Å². The van der Waals surface area contributed by atoms with Crippen LogP contribution in [0.1, 0.15) is 19.3 Å². The van der Waals surface area contributed by atoms with Crippen LogP contribution in [-0.2, 0) is 4.79 Å². The van der Waals surface area contributed by atoms with Gasteiger partial charge in [0.15, 0.2) is 0 Å². The van der Waals surface area contributed by atoms with Crippen molar-refractivity contribution in [3.63, 3.8) is 0 Å². The van der Waals surface area contributed by atoms with Gasteiger partial charge in [-0.15, -0.1) is 0 Å². The average Bonchev–Trinajstić information content (AvgIpc) is 2.50. The molecule has 1 aromatic carbocycles. The van der Waals surface area contributed by atoms with Crippen molar-refractivity contribution in [1.82, 2.24) is 10.2 Å². The number of likely N-dealkylation sites (N-methyl/N-ethyl adjacent to an activating group) is 1. The van der Waals surface area contributed by atoms with Crippen molar-refractivity contribution in [3.05, 3.63) is 29.3 Å². The molecule has 1 N–H and O–H groups in total. The molecule has 1 aliphatic heterocycles. The first-order chi connectivity index (χ1) is 10.1. The van der Waals surface area contributed by atoms with Crippen molar-refractivity contribution >= 4 is 17.5 Å². The van der Waals surface area contributed by atoms with Crippen molar-refractivity contribution in [2.24, 2.45) is 5.92 Å². The number of nitrogens with one attached hydrogen (secondary N) is 1. The zero-order valence-corrected chi connectivity index (χ0v) is 13.2. The van der Waals surface area contributed by atoms with Crippen molar-refractivity contribution in [3.8, 4) is 5.75 Å². The normalized spacial score (nSPS) is 18.3. The molecule has 1 atom stereocenters. The van der Waals surface area contributed by atoms with Gasteiger partial charge < -0.3 is 15.0 Å². The minimum Gasteiger partial charge on any atom is -0.492 e. The van der Waals surface area contributed by atoms with Gasteiger partial charge in [-0.2, -0.15) is 0 Å². The van der Waals surface area contributed by atoms with Crippen LogP contribution in [0.25, 0.3) is 0 Å². The predicted octanol–water partition coefficient (Wildman–Crippen LogP) is 2.57. The molecule has 1 fully saturated rings. The molecule has 0 aliphatic carbocycles. The molecule has 0 radical (unpaired) electrons. The van der Waals surface area contributed by atoms with E-state index >= 15 is 0 Å².